The summed E-state index contributed by atoms with van der Waals surface area (Å²) in [5.74, 6) is -3.29. The van der Waals surface area contributed by atoms with E-state index in [4.69, 9.17) is 38.3 Å². The Hall–Kier alpha value is -0.839. The summed E-state index contributed by atoms with van der Waals surface area (Å²) in [6.07, 6.45) is -5.60. The van der Waals surface area contributed by atoms with Gasteiger partial charge in [0.2, 0.25) is 11.5 Å². The van der Waals surface area contributed by atoms with Crippen molar-refractivity contribution in [2.45, 2.75) is 24.4 Å². The number of hydrogen-bond acceptors (Lipinski definition) is 12. The fourth-order valence-corrected chi connectivity index (χ4v) is 2.80. The van der Waals surface area contributed by atoms with E-state index < -0.39 is 68.0 Å². The molecule has 0 aromatic carbocycles. The minimum absolute atomic E-state index is 0. The molecular weight excluding hydrogens is 386 g/mol. The molecule has 14 heteroatoms. The van der Waals surface area contributed by atoms with Crippen molar-refractivity contribution in [3.05, 3.63) is 23.0 Å². The minimum atomic E-state index is -3.14. The van der Waals surface area contributed by atoms with Crippen LogP contribution in [0, 0.1) is 0 Å². The van der Waals surface area contributed by atoms with Gasteiger partial charge in [0.1, 0.15) is 23.7 Å². The first-order chi connectivity index (χ1) is 11.9. The van der Waals surface area contributed by atoms with Crippen LogP contribution in [0.5, 0.6) is 0 Å². The van der Waals surface area contributed by atoms with E-state index in [2.05, 4.69) is 0 Å². The van der Waals surface area contributed by atoms with Gasteiger partial charge in [0.05, 0.1) is 13.2 Å². The second kappa shape index (κ2) is 6.96. The number of esters is 2. The summed E-state index contributed by atoms with van der Waals surface area (Å²) in [5, 5.41) is 37.4. The van der Waals surface area contributed by atoms with Gasteiger partial charge in [-0.25, -0.2) is 9.59 Å². The van der Waals surface area contributed by atoms with Gasteiger partial charge in [-0.1, -0.05) is 0 Å². The van der Waals surface area contributed by atoms with E-state index in [-0.39, 0.29) is 62.9 Å². The molecule has 0 saturated heterocycles. The van der Waals surface area contributed by atoms with E-state index in [1.54, 1.807) is 0 Å². The van der Waals surface area contributed by atoms with Crippen LogP contribution in [0.2, 0.25) is 0 Å². The number of carbonyl (C=O) groups excluding carboxylic acids is 2. The largest absolute Gasteiger partial charge is 1.00 e. The van der Waals surface area contributed by atoms with Crippen LogP contribution in [0.25, 0.3) is 0 Å². The quantitative estimate of drug-likeness (QED) is 0.261. The maximum Gasteiger partial charge on any atom is 1.00 e. The molecule has 4 N–H and O–H groups in total. The molecule has 0 saturated carbocycles. The predicted molar refractivity (Wildman–Crippen MR) is 70.1 cm³/mol. The van der Waals surface area contributed by atoms with E-state index in [1.807, 2.05) is 0 Å². The smallest absolute Gasteiger partial charge is 0.609 e. The average molecular weight is 398 g/mol. The molecule has 4 aliphatic rings. The van der Waals surface area contributed by atoms with Crippen molar-refractivity contribution in [2.75, 3.05) is 13.2 Å². The second-order valence-corrected chi connectivity index (χ2v) is 5.59. The molecule has 0 fully saturated rings. The second-order valence-electron chi connectivity index (χ2n) is 5.59. The number of aliphatic hydroxyl groups excluding tert-OH is 4. The maximum absolute atomic E-state index is 11.8. The SMILES string of the molecule is O=C1O[C@H]([C@@H](O)CO)C2=C1O[B-]1(OC3=C(O1)[C@@H]([C@@H](O)CO)OC3=O)O2.[K+]. The first-order valence-corrected chi connectivity index (χ1v) is 7.26. The normalized spacial score (nSPS) is 29.7. The Morgan fingerprint density at radius 1 is 0.808 bits per heavy atom. The Kier molecular flexibility index (Phi) is 5.33. The molecule has 0 aromatic rings. The Labute approximate surface area is 187 Å². The van der Waals surface area contributed by atoms with Crippen LogP contribution in [-0.4, -0.2) is 77.0 Å². The number of hydrogen-bond donors (Lipinski definition) is 4. The summed E-state index contributed by atoms with van der Waals surface area (Å²) < 4.78 is 30.8. The van der Waals surface area contributed by atoms with Crippen LogP contribution >= 0.6 is 0 Å². The summed E-state index contributed by atoms with van der Waals surface area (Å²) in [6, 6.07) is 0. The van der Waals surface area contributed by atoms with Gasteiger partial charge in [-0.05, 0) is 0 Å². The molecule has 4 aliphatic heterocycles. The van der Waals surface area contributed by atoms with Crippen molar-refractivity contribution in [3.63, 3.8) is 0 Å². The molecule has 4 atom stereocenters. The van der Waals surface area contributed by atoms with Crippen LogP contribution in [-0.2, 0) is 37.7 Å². The van der Waals surface area contributed by atoms with Crippen LogP contribution in [0.15, 0.2) is 23.0 Å². The Morgan fingerprint density at radius 3 is 1.54 bits per heavy atom. The summed E-state index contributed by atoms with van der Waals surface area (Å²) in [7, 11) is 0. The van der Waals surface area contributed by atoms with Gasteiger partial charge in [0, 0.05) is 0 Å². The predicted octanol–water partition coefficient (Wildman–Crippen LogP) is -6.50. The summed E-state index contributed by atoms with van der Waals surface area (Å²) in [5.41, 5.74) is 0. The molecule has 1 spiro atoms. The molecule has 0 bridgehead atoms. The van der Waals surface area contributed by atoms with Gasteiger partial charge in [-0.15, -0.1) is 0 Å². The number of carbonyl (C=O) groups is 2. The van der Waals surface area contributed by atoms with E-state index in [1.165, 1.54) is 0 Å². The van der Waals surface area contributed by atoms with Gasteiger partial charge in [-0.2, -0.15) is 0 Å². The van der Waals surface area contributed by atoms with Gasteiger partial charge >= 0.3 is 70.3 Å². The number of rotatable bonds is 4. The van der Waals surface area contributed by atoms with E-state index in [9.17, 15) is 19.8 Å². The Morgan fingerprint density at radius 2 is 1.19 bits per heavy atom. The molecular formula is C12H12BKO12. The third kappa shape index (κ3) is 2.85. The fraction of sp³-hybridized carbons (Fsp3) is 0.500. The van der Waals surface area contributed by atoms with E-state index >= 15 is 0 Å². The number of cyclic esters (lactones) is 2. The van der Waals surface area contributed by atoms with Crippen molar-refractivity contribution in [3.8, 4) is 0 Å². The van der Waals surface area contributed by atoms with E-state index in [0.29, 0.717) is 0 Å². The zero-order chi connectivity index (χ0) is 17.9. The summed E-state index contributed by atoms with van der Waals surface area (Å²) in [6.45, 7) is -4.57. The van der Waals surface area contributed by atoms with Gasteiger partial charge in [-0.3, -0.25) is 0 Å². The topological polar surface area (TPSA) is 170 Å². The number of aliphatic hydroxyl groups is 4. The van der Waals surface area contributed by atoms with Crippen LogP contribution < -0.4 is 51.4 Å². The first-order valence-electron chi connectivity index (χ1n) is 7.26. The van der Waals surface area contributed by atoms with Crippen molar-refractivity contribution in [1.82, 2.24) is 0 Å². The van der Waals surface area contributed by atoms with Crippen molar-refractivity contribution in [2.24, 2.45) is 0 Å². The maximum atomic E-state index is 11.8. The third-order valence-corrected chi connectivity index (χ3v) is 3.94. The minimum Gasteiger partial charge on any atom is -0.609 e. The zero-order valence-corrected chi connectivity index (χ0v) is 16.5. The van der Waals surface area contributed by atoms with Crippen LogP contribution in [0.4, 0.5) is 0 Å². The monoisotopic (exact) mass is 398 g/mol. The third-order valence-electron chi connectivity index (χ3n) is 3.94. The Bertz CT molecular complexity index is 659. The standard InChI is InChI=1S/C12H12BO12.K/c14-1-3(16)5-7-9(11(18)20-5)24-13(22-7)23-8-6(4(17)2-15)21-12(19)10(8)25-13;/h3-6,14-17H,1-2H2;/q-1;+1/t3-,4-,5+,6+,13?;/m0./s1. The molecule has 0 radical (unpaired) electrons. The molecule has 12 nitrogen and oxygen atoms in total. The first kappa shape index (κ1) is 19.9. The molecule has 0 unspecified atom stereocenters. The van der Waals surface area contributed by atoms with Crippen molar-refractivity contribution >= 4 is 18.9 Å². The molecule has 0 amide bonds. The van der Waals surface area contributed by atoms with E-state index in [0.717, 1.165) is 0 Å². The van der Waals surface area contributed by atoms with Crippen molar-refractivity contribution in [1.29, 1.82) is 0 Å². The molecule has 0 aromatic heterocycles. The Balaban J connectivity index is 0.00000196. The molecule has 0 aliphatic carbocycles. The van der Waals surface area contributed by atoms with Gasteiger partial charge in [0.15, 0.2) is 12.2 Å². The van der Waals surface area contributed by atoms with Crippen LogP contribution in [0.1, 0.15) is 0 Å². The average Bonchev–Trinajstić information content (AvgIpc) is 3.30. The summed E-state index contributed by atoms with van der Waals surface area (Å²) >= 11 is 0. The molecule has 4 rings (SSSR count). The molecule has 26 heavy (non-hydrogen) atoms. The van der Waals surface area contributed by atoms with Crippen molar-refractivity contribution < 1.29 is 109 Å². The van der Waals surface area contributed by atoms with Gasteiger partial charge in [0.25, 0.3) is 0 Å². The molecule has 4 heterocycles. The molecule has 136 valence electrons. The fourth-order valence-electron chi connectivity index (χ4n) is 2.80. The van der Waals surface area contributed by atoms with Crippen LogP contribution in [0.3, 0.4) is 0 Å². The van der Waals surface area contributed by atoms with Gasteiger partial charge < -0.3 is 48.5 Å². The number of ether oxygens (including phenoxy) is 2. The zero-order valence-electron chi connectivity index (χ0n) is 13.4. The summed E-state index contributed by atoms with van der Waals surface area (Å²) in [4.78, 5) is 23.6.